The molecule has 2 heterocycles. The number of nitrogens with zero attached hydrogens (tertiary/aromatic N) is 4. The van der Waals surface area contributed by atoms with Gasteiger partial charge in [-0.25, -0.2) is 4.39 Å². The zero-order valence-electron chi connectivity index (χ0n) is 20.0. The predicted octanol–water partition coefficient (Wildman–Crippen LogP) is 5.81. The summed E-state index contributed by atoms with van der Waals surface area (Å²) in [6.07, 6.45) is 3.61. The number of halogens is 1. The Bertz CT molecular complexity index is 1090. The maximum atomic E-state index is 13.6. The van der Waals surface area contributed by atoms with Crippen LogP contribution < -0.4 is 5.32 Å². The standard InChI is InChI=1S/C26H32FN5OS/c1-18(2)20-7-11-22(12-8-20)28-24(33)17-34-26-30-29-25(19(3)31-15-5-4-6-16-31)32(26)23-13-9-21(27)10-14-23/h7-14,18-19H,4-6,15-17H2,1-3H3,(H,28,33). The van der Waals surface area contributed by atoms with E-state index < -0.39 is 0 Å². The lowest BCUT2D eigenvalue weighted by atomic mass is 10.0. The Morgan fingerprint density at radius 3 is 2.32 bits per heavy atom. The fourth-order valence-corrected chi connectivity index (χ4v) is 4.98. The van der Waals surface area contributed by atoms with Crippen LogP contribution in [0, 0.1) is 5.82 Å². The Hall–Kier alpha value is -2.71. The summed E-state index contributed by atoms with van der Waals surface area (Å²) < 4.78 is 15.6. The van der Waals surface area contributed by atoms with E-state index in [2.05, 4.69) is 41.2 Å². The van der Waals surface area contributed by atoms with E-state index in [0.29, 0.717) is 11.1 Å². The van der Waals surface area contributed by atoms with Gasteiger partial charge in [0.2, 0.25) is 5.91 Å². The quantitative estimate of drug-likeness (QED) is 0.412. The SMILES string of the molecule is CC(C)c1ccc(NC(=O)CSc2nnc(C(C)N3CCCCC3)n2-c2ccc(F)cc2)cc1. The summed E-state index contributed by atoms with van der Waals surface area (Å²) >= 11 is 1.33. The van der Waals surface area contributed by atoms with Gasteiger partial charge in [-0.15, -0.1) is 10.2 Å². The summed E-state index contributed by atoms with van der Waals surface area (Å²) in [7, 11) is 0. The van der Waals surface area contributed by atoms with Crippen LogP contribution in [0.4, 0.5) is 10.1 Å². The van der Waals surface area contributed by atoms with E-state index in [1.54, 1.807) is 12.1 Å². The van der Waals surface area contributed by atoms with E-state index >= 15 is 0 Å². The molecule has 1 aliphatic heterocycles. The van der Waals surface area contributed by atoms with Crippen molar-refractivity contribution in [1.82, 2.24) is 19.7 Å². The molecule has 3 aromatic rings. The number of nitrogens with one attached hydrogen (secondary N) is 1. The maximum absolute atomic E-state index is 13.6. The molecular weight excluding hydrogens is 449 g/mol. The molecular formula is C26H32FN5OS. The predicted molar refractivity (Wildman–Crippen MR) is 135 cm³/mol. The average Bonchev–Trinajstić information content (AvgIpc) is 3.27. The number of rotatable bonds is 8. The number of anilines is 1. The summed E-state index contributed by atoms with van der Waals surface area (Å²) in [5.41, 5.74) is 2.79. The van der Waals surface area contributed by atoms with E-state index in [-0.39, 0.29) is 23.5 Å². The van der Waals surface area contributed by atoms with E-state index in [1.165, 1.54) is 48.7 Å². The molecule has 180 valence electrons. The third-order valence-corrected chi connectivity index (χ3v) is 7.18. The third kappa shape index (κ3) is 5.85. The van der Waals surface area contributed by atoms with Crippen molar-refractivity contribution in [3.63, 3.8) is 0 Å². The van der Waals surface area contributed by atoms with Crippen LogP contribution in [0.2, 0.25) is 0 Å². The molecule has 2 aromatic carbocycles. The van der Waals surface area contributed by atoms with Gasteiger partial charge in [-0.1, -0.05) is 44.2 Å². The number of likely N-dealkylation sites (tertiary alicyclic amines) is 1. The number of carbonyl (C=O) groups excluding carboxylic acids is 1. The van der Waals surface area contributed by atoms with Crippen molar-refractivity contribution >= 4 is 23.4 Å². The Morgan fingerprint density at radius 2 is 1.68 bits per heavy atom. The zero-order chi connectivity index (χ0) is 24.1. The van der Waals surface area contributed by atoms with Gasteiger partial charge in [0.15, 0.2) is 11.0 Å². The van der Waals surface area contributed by atoms with Crippen molar-refractivity contribution in [2.45, 2.75) is 57.1 Å². The molecule has 0 saturated carbocycles. The van der Waals surface area contributed by atoms with Gasteiger partial charge in [0.25, 0.3) is 0 Å². The van der Waals surface area contributed by atoms with Crippen LogP contribution in [0.15, 0.2) is 53.7 Å². The van der Waals surface area contributed by atoms with Crippen molar-refractivity contribution in [3.05, 3.63) is 65.7 Å². The number of hydrogen-bond donors (Lipinski definition) is 1. The molecule has 0 spiro atoms. The Labute approximate surface area is 205 Å². The van der Waals surface area contributed by atoms with Gasteiger partial charge < -0.3 is 5.32 Å². The molecule has 1 unspecified atom stereocenters. The van der Waals surface area contributed by atoms with Gasteiger partial charge in [-0.2, -0.15) is 0 Å². The molecule has 1 aromatic heterocycles. The summed E-state index contributed by atoms with van der Waals surface area (Å²) in [5.74, 6) is 1.05. The minimum Gasteiger partial charge on any atom is -0.325 e. The van der Waals surface area contributed by atoms with E-state index in [4.69, 9.17) is 0 Å². The van der Waals surface area contributed by atoms with Crippen LogP contribution in [0.1, 0.15) is 63.4 Å². The topological polar surface area (TPSA) is 63.1 Å². The van der Waals surface area contributed by atoms with Gasteiger partial charge in [0, 0.05) is 11.4 Å². The fraction of sp³-hybridized carbons (Fsp3) is 0.423. The van der Waals surface area contributed by atoms with Gasteiger partial charge >= 0.3 is 0 Å². The molecule has 0 radical (unpaired) electrons. The highest BCUT2D eigenvalue weighted by Gasteiger charge is 2.26. The van der Waals surface area contributed by atoms with Crippen LogP contribution in [-0.4, -0.2) is 44.4 Å². The Kier molecular flexibility index (Phi) is 8.00. The summed E-state index contributed by atoms with van der Waals surface area (Å²) in [6, 6.07) is 14.3. The molecule has 1 amide bonds. The number of carbonyl (C=O) groups is 1. The first-order valence-corrected chi connectivity index (χ1v) is 12.9. The maximum Gasteiger partial charge on any atom is 0.234 e. The van der Waals surface area contributed by atoms with Crippen molar-refractivity contribution < 1.29 is 9.18 Å². The highest BCUT2D eigenvalue weighted by atomic mass is 32.2. The molecule has 1 saturated heterocycles. The summed E-state index contributed by atoms with van der Waals surface area (Å²) in [5, 5.41) is 12.5. The molecule has 1 N–H and O–H groups in total. The first kappa shape index (κ1) is 24.4. The number of thioether (sulfide) groups is 1. The smallest absolute Gasteiger partial charge is 0.234 e. The highest BCUT2D eigenvalue weighted by molar-refractivity contribution is 7.99. The van der Waals surface area contributed by atoms with Gasteiger partial charge in [-0.05, 0) is 80.7 Å². The van der Waals surface area contributed by atoms with Gasteiger partial charge in [0.05, 0.1) is 11.8 Å². The number of aromatic nitrogens is 3. The first-order chi connectivity index (χ1) is 16.4. The molecule has 1 aliphatic rings. The minimum atomic E-state index is -0.292. The van der Waals surface area contributed by atoms with Gasteiger partial charge in [-0.3, -0.25) is 14.3 Å². The van der Waals surface area contributed by atoms with Crippen LogP contribution in [0.5, 0.6) is 0 Å². The number of piperidine rings is 1. The van der Waals surface area contributed by atoms with Crippen LogP contribution in [0.25, 0.3) is 5.69 Å². The van der Waals surface area contributed by atoms with Gasteiger partial charge in [0.1, 0.15) is 5.82 Å². The highest BCUT2D eigenvalue weighted by Crippen LogP contribution is 2.29. The molecule has 1 fully saturated rings. The largest absolute Gasteiger partial charge is 0.325 e. The molecule has 6 nitrogen and oxygen atoms in total. The lowest BCUT2D eigenvalue weighted by Crippen LogP contribution is -2.33. The molecule has 8 heteroatoms. The van der Waals surface area contributed by atoms with E-state index in [9.17, 15) is 9.18 Å². The second kappa shape index (κ2) is 11.1. The van der Waals surface area contributed by atoms with Crippen LogP contribution in [0.3, 0.4) is 0 Å². The average molecular weight is 482 g/mol. The second-order valence-electron chi connectivity index (χ2n) is 9.04. The van der Waals surface area contributed by atoms with Crippen molar-refractivity contribution in [1.29, 1.82) is 0 Å². The third-order valence-electron chi connectivity index (χ3n) is 6.25. The van der Waals surface area contributed by atoms with Crippen molar-refractivity contribution in [3.8, 4) is 5.69 Å². The molecule has 0 aliphatic carbocycles. The van der Waals surface area contributed by atoms with E-state index in [1.807, 2.05) is 28.8 Å². The first-order valence-electron chi connectivity index (χ1n) is 11.9. The molecule has 34 heavy (non-hydrogen) atoms. The normalized spacial score (nSPS) is 15.4. The second-order valence-corrected chi connectivity index (χ2v) is 9.98. The Morgan fingerprint density at radius 1 is 1.00 bits per heavy atom. The van der Waals surface area contributed by atoms with Crippen molar-refractivity contribution in [2.24, 2.45) is 0 Å². The zero-order valence-corrected chi connectivity index (χ0v) is 20.8. The Balaban J connectivity index is 1.50. The number of amides is 1. The van der Waals surface area contributed by atoms with E-state index in [0.717, 1.165) is 30.3 Å². The molecule has 4 rings (SSSR count). The minimum absolute atomic E-state index is 0.0699. The van der Waals surface area contributed by atoms with Crippen molar-refractivity contribution in [2.75, 3.05) is 24.2 Å². The summed E-state index contributed by atoms with van der Waals surface area (Å²) in [4.78, 5) is 15.1. The molecule has 0 bridgehead atoms. The summed E-state index contributed by atoms with van der Waals surface area (Å²) in [6.45, 7) is 8.47. The lowest BCUT2D eigenvalue weighted by molar-refractivity contribution is -0.113. The number of hydrogen-bond acceptors (Lipinski definition) is 5. The van der Waals surface area contributed by atoms with Crippen LogP contribution in [-0.2, 0) is 4.79 Å². The van der Waals surface area contributed by atoms with Crippen LogP contribution >= 0.6 is 11.8 Å². The number of benzene rings is 2. The fourth-order valence-electron chi connectivity index (χ4n) is 4.23. The molecule has 1 atom stereocenters. The lowest BCUT2D eigenvalue weighted by Gasteiger charge is -2.31. The monoisotopic (exact) mass is 481 g/mol.